The van der Waals surface area contributed by atoms with Crippen molar-refractivity contribution in [2.24, 2.45) is 0 Å². The summed E-state index contributed by atoms with van der Waals surface area (Å²) in [4.78, 5) is 28.9. The molecule has 31 heavy (non-hydrogen) atoms. The fourth-order valence-corrected chi connectivity index (χ4v) is 4.20. The summed E-state index contributed by atoms with van der Waals surface area (Å²) >= 11 is 0. The van der Waals surface area contributed by atoms with Gasteiger partial charge in [-0.15, -0.1) is 0 Å². The molecule has 2 aliphatic rings. The zero-order chi connectivity index (χ0) is 22.2. The fraction of sp³-hybridized carbons (Fsp3) is 0.364. The molecule has 0 saturated carbocycles. The molecule has 0 spiro atoms. The van der Waals surface area contributed by atoms with Gasteiger partial charge in [0.1, 0.15) is 5.82 Å². The van der Waals surface area contributed by atoms with E-state index in [1.54, 1.807) is 0 Å². The van der Waals surface area contributed by atoms with Gasteiger partial charge in [-0.05, 0) is 61.7 Å². The molecule has 2 atom stereocenters. The van der Waals surface area contributed by atoms with Crippen LogP contribution in [-0.4, -0.2) is 47.0 Å². The first-order valence-electron chi connectivity index (χ1n) is 10.0. The first-order valence-corrected chi connectivity index (χ1v) is 10.0. The Labute approximate surface area is 176 Å². The monoisotopic (exact) mass is 435 g/mol. The third-order valence-electron chi connectivity index (χ3n) is 5.84. The molecule has 164 valence electrons. The predicted molar refractivity (Wildman–Crippen MR) is 104 cm³/mol. The standard InChI is InChI=1S/C22H21F4N3O2/c23-17-6-4-14(5-7-17)20(30)27-19-9-8-18-10-11-28(13-29(18)19)21(31)15-2-1-3-16(12-15)22(24,25)26/h1-7,12,18-19H,8-11,13H2,(H,27,30)/t18-,19-/m0/s1. The smallest absolute Gasteiger partial charge is 0.336 e. The Balaban J connectivity index is 1.45. The molecule has 2 aromatic carbocycles. The van der Waals surface area contributed by atoms with Crippen LogP contribution in [0.25, 0.3) is 0 Å². The topological polar surface area (TPSA) is 52.7 Å². The number of carbonyl (C=O) groups excluding carboxylic acids is 2. The van der Waals surface area contributed by atoms with E-state index in [-0.39, 0.29) is 30.3 Å². The molecule has 0 unspecified atom stereocenters. The molecule has 0 aromatic heterocycles. The van der Waals surface area contributed by atoms with Crippen molar-refractivity contribution in [3.05, 3.63) is 71.0 Å². The van der Waals surface area contributed by atoms with E-state index in [2.05, 4.69) is 5.32 Å². The van der Waals surface area contributed by atoms with Crippen LogP contribution in [0.2, 0.25) is 0 Å². The number of nitrogens with zero attached hydrogens (tertiary/aromatic N) is 2. The third kappa shape index (κ3) is 4.56. The molecule has 0 aliphatic carbocycles. The highest BCUT2D eigenvalue weighted by Gasteiger charge is 2.40. The average Bonchev–Trinajstić information content (AvgIpc) is 3.15. The molecular weight excluding hydrogens is 414 g/mol. The van der Waals surface area contributed by atoms with Gasteiger partial charge in [0, 0.05) is 23.7 Å². The van der Waals surface area contributed by atoms with Crippen molar-refractivity contribution in [2.45, 2.75) is 37.6 Å². The molecule has 2 amide bonds. The molecule has 4 rings (SSSR count). The predicted octanol–water partition coefficient (Wildman–Crippen LogP) is 3.87. The normalized spacial score (nSPS) is 21.6. The zero-order valence-corrected chi connectivity index (χ0v) is 16.5. The van der Waals surface area contributed by atoms with E-state index < -0.39 is 23.5 Å². The van der Waals surface area contributed by atoms with Gasteiger partial charge in [0.05, 0.1) is 18.4 Å². The summed E-state index contributed by atoms with van der Waals surface area (Å²) in [6, 6.07) is 9.81. The summed E-state index contributed by atoms with van der Waals surface area (Å²) in [5.41, 5.74) is -0.544. The lowest BCUT2D eigenvalue weighted by atomic mass is 10.1. The highest BCUT2D eigenvalue weighted by molar-refractivity contribution is 5.95. The van der Waals surface area contributed by atoms with Crippen LogP contribution in [0.15, 0.2) is 48.5 Å². The summed E-state index contributed by atoms with van der Waals surface area (Å²) in [6.07, 6.45) is -2.61. The van der Waals surface area contributed by atoms with Crippen molar-refractivity contribution in [1.82, 2.24) is 15.1 Å². The van der Waals surface area contributed by atoms with E-state index >= 15 is 0 Å². The zero-order valence-electron chi connectivity index (χ0n) is 16.5. The van der Waals surface area contributed by atoms with E-state index in [0.29, 0.717) is 24.9 Å². The van der Waals surface area contributed by atoms with E-state index in [1.165, 1.54) is 41.3 Å². The summed E-state index contributed by atoms with van der Waals surface area (Å²) in [5.74, 6) is -1.25. The summed E-state index contributed by atoms with van der Waals surface area (Å²) in [5, 5.41) is 2.92. The van der Waals surface area contributed by atoms with Gasteiger partial charge in [-0.25, -0.2) is 4.39 Å². The first-order chi connectivity index (χ1) is 14.7. The molecule has 2 fully saturated rings. The largest absolute Gasteiger partial charge is 0.416 e. The maximum Gasteiger partial charge on any atom is 0.416 e. The Morgan fingerprint density at radius 3 is 2.42 bits per heavy atom. The van der Waals surface area contributed by atoms with Gasteiger partial charge in [0.15, 0.2) is 0 Å². The van der Waals surface area contributed by atoms with Crippen molar-refractivity contribution >= 4 is 11.8 Å². The van der Waals surface area contributed by atoms with Crippen LogP contribution < -0.4 is 5.32 Å². The number of alkyl halides is 3. The van der Waals surface area contributed by atoms with Crippen LogP contribution in [0.5, 0.6) is 0 Å². The number of halogens is 4. The highest BCUT2D eigenvalue weighted by Crippen LogP contribution is 2.32. The molecule has 2 aliphatic heterocycles. The Hall–Kier alpha value is -2.94. The Morgan fingerprint density at radius 1 is 0.968 bits per heavy atom. The number of carbonyl (C=O) groups is 2. The van der Waals surface area contributed by atoms with Gasteiger partial charge in [-0.1, -0.05) is 6.07 Å². The molecule has 1 N–H and O–H groups in total. The van der Waals surface area contributed by atoms with Crippen LogP contribution in [0.3, 0.4) is 0 Å². The summed E-state index contributed by atoms with van der Waals surface area (Å²) < 4.78 is 52.1. The highest BCUT2D eigenvalue weighted by atomic mass is 19.4. The molecule has 2 aromatic rings. The molecular formula is C22H21F4N3O2. The lowest BCUT2D eigenvalue weighted by Gasteiger charge is -2.40. The number of benzene rings is 2. The molecule has 0 radical (unpaired) electrons. The molecule has 2 heterocycles. The summed E-state index contributed by atoms with van der Waals surface area (Å²) in [6.45, 7) is 0.656. The fourth-order valence-electron chi connectivity index (χ4n) is 4.20. The Morgan fingerprint density at radius 2 is 1.71 bits per heavy atom. The van der Waals surface area contributed by atoms with E-state index in [1.807, 2.05) is 4.90 Å². The first kappa shape index (κ1) is 21.3. The summed E-state index contributed by atoms with van der Waals surface area (Å²) in [7, 11) is 0. The lowest BCUT2D eigenvalue weighted by molar-refractivity contribution is -0.137. The minimum absolute atomic E-state index is 0.0145. The third-order valence-corrected chi connectivity index (χ3v) is 5.84. The van der Waals surface area contributed by atoms with Gasteiger partial charge in [0.25, 0.3) is 11.8 Å². The Kier molecular flexibility index (Phi) is 5.70. The second-order valence-corrected chi connectivity index (χ2v) is 7.82. The minimum atomic E-state index is -4.52. The van der Waals surface area contributed by atoms with Crippen molar-refractivity contribution in [2.75, 3.05) is 13.2 Å². The van der Waals surface area contributed by atoms with Crippen LogP contribution in [0.1, 0.15) is 45.5 Å². The van der Waals surface area contributed by atoms with Gasteiger partial charge >= 0.3 is 6.18 Å². The molecule has 9 heteroatoms. The quantitative estimate of drug-likeness (QED) is 0.745. The number of hydrogen-bond donors (Lipinski definition) is 1. The number of rotatable bonds is 3. The number of hydrogen-bond acceptors (Lipinski definition) is 3. The van der Waals surface area contributed by atoms with Gasteiger partial charge < -0.3 is 10.2 Å². The number of nitrogens with one attached hydrogen (secondary N) is 1. The molecule has 2 saturated heterocycles. The lowest BCUT2D eigenvalue weighted by Crippen LogP contribution is -2.56. The maximum atomic E-state index is 13.1. The number of fused-ring (bicyclic) bond motifs is 1. The van der Waals surface area contributed by atoms with E-state index in [9.17, 15) is 27.2 Å². The maximum absolute atomic E-state index is 13.1. The van der Waals surface area contributed by atoms with Crippen molar-refractivity contribution in [3.63, 3.8) is 0 Å². The second-order valence-electron chi connectivity index (χ2n) is 7.82. The van der Waals surface area contributed by atoms with Gasteiger partial charge in [0.2, 0.25) is 0 Å². The van der Waals surface area contributed by atoms with Crippen molar-refractivity contribution in [3.8, 4) is 0 Å². The van der Waals surface area contributed by atoms with Gasteiger partial charge in [-0.3, -0.25) is 14.5 Å². The van der Waals surface area contributed by atoms with Crippen LogP contribution in [-0.2, 0) is 6.18 Å². The second kappa shape index (κ2) is 8.30. The number of amides is 2. The van der Waals surface area contributed by atoms with Crippen molar-refractivity contribution < 1.29 is 27.2 Å². The van der Waals surface area contributed by atoms with Crippen molar-refractivity contribution in [1.29, 1.82) is 0 Å². The van der Waals surface area contributed by atoms with E-state index in [4.69, 9.17) is 0 Å². The van der Waals surface area contributed by atoms with Crippen LogP contribution in [0.4, 0.5) is 17.6 Å². The van der Waals surface area contributed by atoms with Crippen LogP contribution in [0, 0.1) is 5.82 Å². The Bertz CT molecular complexity index is 977. The van der Waals surface area contributed by atoms with Gasteiger partial charge in [-0.2, -0.15) is 13.2 Å². The minimum Gasteiger partial charge on any atom is -0.336 e. The van der Waals surface area contributed by atoms with Crippen LogP contribution >= 0.6 is 0 Å². The molecule has 5 nitrogen and oxygen atoms in total. The SMILES string of the molecule is O=C(N[C@@H]1CC[C@H]2CCN(C(=O)c3cccc(C(F)(F)F)c3)CN21)c1ccc(F)cc1. The molecule has 0 bridgehead atoms. The average molecular weight is 435 g/mol. The van der Waals surface area contributed by atoms with E-state index in [0.717, 1.165) is 18.6 Å².